The monoisotopic (exact) mass is 403 g/mol. The molecule has 1 aliphatic carbocycles. The van der Waals surface area contributed by atoms with Gasteiger partial charge < -0.3 is 19.5 Å². The molecule has 2 heterocycles. The van der Waals surface area contributed by atoms with E-state index >= 15 is 0 Å². The molecular weight excluding hydrogens is 382 g/mol. The quantitative estimate of drug-likeness (QED) is 0.776. The highest BCUT2D eigenvalue weighted by Crippen LogP contribution is 2.43. The van der Waals surface area contributed by atoms with Crippen LogP contribution in [-0.2, 0) is 19.4 Å². The second-order valence-corrected chi connectivity index (χ2v) is 9.35. The molecule has 28 heavy (non-hydrogen) atoms. The zero-order chi connectivity index (χ0) is 20.1. The molecule has 1 N–H and O–H groups in total. The molecule has 0 atom stereocenters. The highest BCUT2D eigenvalue weighted by Gasteiger charge is 2.40. The fourth-order valence-corrected chi connectivity index (χ4v) is 4.88. The van der Waals surface area contributed by atoms with E-state index in [-0.39, 0.29) is 28.8 Å². The summed E-state index contributed by atoms with van der Waals surface area (Å²) in [6.07, 6.45) is 6.64. The summed E-state index contributed by atoms with van der Waals surface area (Å²) < 4.78 is 36.9. The van der Waals surface area contributed by atoms with Crippen LogP contribution in [0.3, 0.4) is 0 Å². The van der Waals surface area contributed by atoms with Crippen molar-refractivity contribution in [3.63, 3.8) is 0 Å². The number of ether oxygens (including phenoxy) is 2. The summed E-state index contributed by atoms with van der Waals surface area (Å²) in [4.78, 5) is 13.5. The Morgan fingerprint density at radius 1 is 1.21 bits per heavy atom. The first-order chi connectivity index (χ1) is 13.2. The Morgan fingerprint density at radius 3 is 2.64 bits per heavy atom. The van der Waals surface area contributed by atoms with Crippen LogP contribution in [0, 0.1) is 0 Å². The standard InChI is InChI=1S/C20H21NO6S/c1-20(2)19(23)18(21-11-17(22)26-12-21)15-10-14(8-9-16(15)27-20)28(24,25)13-6-4-3-5-7-13/h4,6-10,23H,3,5,11-12H2,1-2H3. The molecule has 3 aliphatic rings. The highest BCUT2D eigenvalue weighted by atomic mass is 32.2. The normalized spacial score (nSPS) is 21.1. The average molecular weight is 403 g/mol. The van der Waals surface area contributed by atoms with Crippen molar-refractivity contribution in [2.24, 2.45) is 0 Å². The summed E-state index contributed by atoms with van der Waals surface area (Å²) in [5.74, 6) is -0.0543. The molecule has 0 unspecified atom stereocenters. The molecule has 0 spiro atoms. The molecule has 8 heteroatoms. The van der Waals surface area contributed by atoms with Gasteiger partial charge in [0.05, 0.1) is 15.5 Å². The minimum Gasteiger partial charge on any atom is -0.506 e. The third-order valence-electron chi connectivity index (χ3n) is 4.96. The van der Waals surface area contributed by atoms with E-state index in [0.717, 1.165) is 6.42 Å². The minimum absolute atomic E-state index is 0.0153. The zero-order valence-corrected chi connectivity index (χ0v) is 16.5. The molecular formula is C20H21NO6S. The predicted octanol–water partition coefficient (Wildman–Crippen LogP) is 2.91. The van der Waals surface area contributed by atoms with Gasteiger partial charge in [-0.05, 0) is 51.0 Å². The number of cyclic esters (lactones) is 1. The van der Waals surface area contributed by atoms with Crippen LogP contribution in [0.5, 0.6) is 5.75 Å². The second-order valence-electron chi connectivity index (χ2n) is 7.40. The van der Waals surface area contributed by atoms with Crippen LogP contribution < -0.4 is 4.74 Å². The highest BCUT2D eigenvalue weighted by molar-refractivity contribution is 7.95. The summed E-state index contributed by atoms with van der Waals surface area (Å²) in [6.45, 7) is 3.36. The fraction of sp³-hybridized carbons (Fsp3) is 0.350. The lowest BCUT2D eigenvalue weighted by Gasteiger charge is -2.36. The first kappa shape index (κ1) is 18.6. The number of aliphatic hydroxyl groups is 1. The van der Waals surface area contributed by atoms with Crippen molar-refractivity contribution in [2.45, 2.75) is 37.2 Å². The van der Waals surface area contributed by atoms with E-state index < -0.39 is 21.4 Å². The summed E-state index contributed by atoms with van der Waals surface area (Å²) in [6, 6.07) is 4.57. The number of nitrogens with zero attached hydrogens (tertiary/aromatic N) is 1. The van der Waals surface area contributed by atoms with Gasteiger partial charge in [-0.15, -0.1) is 0 Å². The van der Waals surface area contributed by atoms with Crippen molar-refractivity contribution in [2.75, 3.05) is 13.3 Å². The minimum atomic E-state index is -3.70. The van der Waals surface area contributed by atoms with E-state index in [1.807, 2.05) is 6.08 Å². The van der Waals surface area contributed by atoms with E-state index in [1.54, 1.807) is 37.0 Å². The second kappa shape index (κ2) is 6.41. The van der Waals surface area contributed by atoms with Crippen LogP contribution >= 0.6 is 0 Å². The number of fused-ring (bicyclic) bond motifs is 1. The number of sulfone groups is 1. The molecule has 0 saturated carbocycles. The Kier molecular flexibility index (Phi) is 4.26. The van der Waals surface area contributed by atoms with E-state index in [1.165, 1.54) is 12.1 Å². The van der Waals surface area contributed by atoms with Gasteiger partial charge in [-0.1, -0.05) is 12.2 Å². The third-order valence-corrected chi connectivity index (χ3v) is 6.76. The number of esters is 1. The summed E-state index contributed by atoms with van der Waals surface area (Å²) >= 11 is 0. The van der Waals surface area contributed by atoms with Crippen molar-refractivity contribution >= 4 is 21.5 Å². The average Bonchev–Trinajstić information content (AvgIpc) is 3.08. The molecule has 148 valence electrons. The number of carbonyl (C=O) groups is 1. The summed E-state index contributed by atoms with van der Waals surface area (Å²) in [7, 11) is -3.70. The van der Waals surface area contributed by atoms with Gasteiger partial charge in [-0.2, -0.15) is 0 Å². The number of aliphatic hydroxyl groups excluding tert-OH is 1. The van der Waals surface area contributed by atoms with Gasteiger partial charge in [0.2, 0.25) is 9.84 Å². The maximum Gasteiger partial charge on any atom is 0.327 e. The largest absolute Gasteiger partial charge is 0.506 e. The fourth-order valence-electron chi connectivity index (χ4n) is 3.47. The van der Waals surface area contributed by atoms with Crippen molar-refractivity contribution in [3.8, 4) is 5.75 Å². The van der Waals surface area contributed by atoms with Crippen molar-refractivity contribution < 1.29 is 27.8 Å². The molecule has 2 aliphatic heterocycles. The third kappa shape index (κ3) is 2.97. The van der Waals surface area contributed by atoms with Crippen LogP contribution in [0.2, 0.25) is 0 Å². The Bertz CT molecular complexity index is 1050. The molecule has 7 nitrogen and oxygen atoms in total. The van der Waals surface area contributed by atoms with Crippen LogP contribution in [0.15, 0.2) is 52.0 Å². The van der Waals surface area contributed by atoms with Crippen LogP contribution in [0.4, 0.5) is 0 Å². The molecule has 0 radical (unpaired) electrons. The number of rotatable bonds is 3. The molecule has 1 aromatic rings. The van der Waals surface area contributed by atoms with Crippen LogP contribution in [0.25, 0.3) is 5.70 Å². The van der Waals surface area contributed by atoms with Gasteiger partial charge in [0, 0.05) is 5.56 Å². The van der Waals surface area contributed by atoms with Crippen LogP contribution in [-0.4, -0.2) is 43.3 Å². The Labute approximate surface area is 163 Å². The van der Waals surface area contributed by atoms with E-state index in [4.69, 9.17) is 9.47 Å². The number of allylic oxidation sites excluding steroid dienone is 3. The lowest BCUT2D eigenvalue weighted by molar-refractivity contribution is -0.136. The van der Waals surface area contributed by atoms with Gasteiger partial charge >= 0.3 is 5.97 Å². The smallest absolute Gasteiger partial charge is 0.327 e. The van der Waals surface area contributed by atoms with Crippen LogP contribution in [0.1, 0.15) is 32.3 Å². The molecule has 1 saturated heterocycles. The molecule has 0 amide bonds. The number of carbonyl (C=O) groups excluding carboxylic acids is 1. The number of hydrogen-bond donors (Lipinski definition) is 1. The number of hydrogen-bond acceptors (Lipinski definition) is 7. The molecule has 0 bridgehead atoms. The van der Waals surface area contributed by atoms with E-state index in [9.17, 15) is 18.3 Å². The maximum absolute atomic E-state index is 13.0. The number of benzene rings is 1. The van der Waals surface area contributed by atoms with Gasteiger partial charge in [-0.25, -0.2) is 8.42 Å². The summed E-state index contributed by atoms with van der Waals surface area (Å²) in [5.41, 5.74) is -0.262. The zero-order valence-electron chi connectivity index (χ0n) is 15.6. The van der Waals surface area contributed by atoms with Crippen molar-refractivity contribution in [3.05, 3.63) is 52.7 Å². The molecule has 1 aromatic carbocycles. The first-order valence-electron chi connectivity index (χ1n) is 9.00. The molecule has 1 fully saturated rings. The van der Waals surface area contributed by atoms with Gasteiger partial charge in [0.15, 0.2) is 18.1 Å². The molecule has 4 rings (SSSR count). The Morgan fingerprint density at radius 2 is 2.00 bits per heavy atom. The summed E-state index contributed by atoms with van der Waals surface area (Å²) in [5, 5.41) is 10.8. The Balaban J connectivity index is 1.85. The topological polar surface area (TPSA) is 93.1 Å². The van der Waals surface area contributed by atoms with Gasteiger partial charge in [0.1, 0.15) is 12.3 Å². The molecule has 0 aromatic heterocycles. The maximum atomic E-state index is 13.0. The van der Waals surface area contributed by atoms with Gasteiger partial charge in [0.25, 0.3) is 0 Å². The van der Waals surface area contributed by atoms with E-state index in [0.29, 0.717) is 23.4 Å². The lowest BCUT2D eigenvalue weighted by atomic mass is 9.96. The predicted molar refractivity (Wildman–Crippen MR) is 102 cm³/mol. The van der Waals surface area contributed by atoms with E-state index in [2.05, 4.69) is 0 Å². The first-order valence-corrected chi connectivity index (χ1v) is 10.5. The lowest BCUT2D eigenvalue weighted by Crippen LogP contribution is -2.38. The Hall–Kier alpha value is -2.74. The van der Waals surface area contributed by atoms with Gasteiger partial charge in [-0.3, -0.25) is 4.79 Å². The van der Waals surface area contributed by atoms with Crippen molar-refractivity contribution in [1.82, 2.24) is 4.90 Å². The van der Waals surface area contributed by atoms with Crippen molar-refractivity contribution in [1.29, 1.82) is 0 Å². The SMILES string of the molecule is CC1(C)Oc2ccc(S(=O)(=O)C3=CCCC=C3)cc2C(N2COC(=O)C2)=C1O.